The lowest BCUT2D eigenvalue weighted by molar-refractivity contribution is -0.131. The molecule has 1 N–H and O–H groups in total. The van der Waals surface area contributed by atoms with E-state index in [1.807, 2.05) is 7.05 Å². The zero-order valence-electron chi connectivity index (χ0n) is 7.06. The zero-order chi connectivity index (χ0) is 8.27. The highest BCUT2D eigenvalue weighted by Crippen LogP contribution is 2.15. The summed E-state index contributed by atoms with van der Waals surface area (Å²) in [5, 5.41) is 8.35. The van der Waals surface area contributed by atoms with Gasteiger partial charge in [-0.15, -0.1) is 12.4 Å². The van der Waals surface area contributed by atoms with E-state index in [-0.39, 0.29) is 12.4 Å². The van der Waals surface area contributed by atoms with Gasteiger partial charge in [0.1, 0.15) is 0 Å². The van der Waals surface area contributed by atoms with Crippen molar-refractivity contribution in [3.8, 4) is 0 Å². The number of rotatable bonds is 2. The van der Waals surface area contributed by atoms with Crippen molar-refractivity contribution in [2.24, 2.45) is 0 Å². The van der Waals surface area contributed by atoms with E-state index in [2.05, 4.69) is 4.90 Å². The Morgan fingerprint density at radius 1 is 1.67 bits per heavy atom. The summed E-state index contributed by atoms with van der Waals surface area (Å²) < 4.78 is 0. The molecule has 1 saturated heterocycles. The SMILES string of the molecule is CN1CCCC1C=CC(=O)O.Cl. The number of hydrogen-bond acceptors (Lipinski definition) is 2. The molecule has 0 aliphatic carbocycles. The Balaban J connectivity index is 0.00000121. The van der Waals surface area contributed by atoms with Gasteiger partial charge in [0.2, 0.25) is 0 Å². The second-order valence-electron chi connectivity index (χ2n) is 2.89. The van der Waals surface area contributed by atoms with Gasteiger partial charge in [0.25, 0.3) is 0 Å². The minimum atomic E-state index is -0.856. The van der Waals surface area contributed by atoms with E-state index in [0.29, 0.717) is 6.04 Å². The summed E-state index contributed by atoms with van der Waals surface area (Å²) in [6.45, 7) is 1.08. The lowest BCUT2D eigenvalue weighted by Crippen LogP contribution is -2.22. The Morgan fingerprint density at radius 2 is 2.33 bits per heavy atom. The average Bonchev–Trinajstić information content (AvgIpc) is 2.31. The van der Waals surface area contributed by atoms with Gasteiger partial charge < -0.3 is 5.11 Å². The maximum Gasteiger partial charge on any atom is 0.328 e. The normalized spacial score (nSPS) is 24.2. The quantitative estimate of drug-likeness (QED) is 0.666. The first-order chi connectivity index (χ1) is 5.20. The molecule has 0 bridgehead atoms. The maximum atomic E-state index is 10.2. The monoisotopic (exact) mass is 191 g/mol. The number of likely N-dealkylation sites (tertiary alicyclic amines) is 1. The molecule has 1 aliphatic rings. The van der Waals surface area contributed by atoms with Gasteiger partial charge in [-0.3, -0.25) is 4.90 Å². The van der Waals surface area contributed by atoms with Gasteiger partial charge in [0, 0.05) is 12.1 Å². The molecule has 0 saturated carbocycles. The molecule has 0 spiro atoms. The first-order valence-electron chi connectivity index (χ1n) is 3.81. The topological polar surface area (TPSA) is 40.5 Å². The van der Waals surface area contributed by atoms with Crippen LogP contribution in [0, 0.1) is 0 Å². The maximum absolute atomic E-state index is 10.2. The molecule has 1 unspecified atom stereocenters. The molecule has 0 radical (unpaired) electrons. The second-order valence-corrected chi connectivity index (χ2v) is 2.89. The van der Waals surface area contributed by atoms with Crippen molar-refractivity contribution in [3.63, 3.8) is 0 Å². The number of carboxylic acid groups (broad SMARTS) is 1. The van der Waals surface area contributed by atoms with Gasteiger partial charge >= 0.3 is 5.97 Å². The number of hydrogen-bond donors (Lipinski definition) is 1. The molecule has 1 atom stereocenters. The summed E-state index contributed by atoms with van der Waals surface area (Å²) >= 11 is 0. The standard InChI is InChI=1S/C8H13NO2.ClH/c1-9-6-2-3-7(9)4-5-8(10)11;/h4-5,7H,2-3,6H2,1H3,(H,10,11);1H. The van der Waals surface area contributed by atoms with Gasteiger partial charge in [-0.1, -0.05) is 6.08 Å². The van der Waals surface area contributed by atoms with E-state index >= 15 is 0 Å². The average molecular weight is 192 g/mol. The number of carbonyl (C=O) groups is 1. The molecule has 0 amide bonds. The molecular weight excluding hydrogens is 178 g/mol. The van der Waals surface area contributed by atoms with Crippen LogP contribution in [-0.2, 0) is 4.79 Å². The second kappa shape index (κ2) is 5.17. The van der Waals surface area contributed by atoms with Crippen LogP contribution in [0.15, 0.2) is 12.2 Å². The van der Waals surface area contributed by atoms with Crippen LogP contribution < -0.4 is 0 Å². The Kier molecular flexibility index (Phi) is 4.93. The Morgan fingerprint density at radius 3 is 2.75 bits per heavy atom. The van der Waals surface area contributed by atoms with Crippen molar-refractivity contribution >= 4 is 18.4 Å². The third-order valence-corrected chi connectivity index (χ3v) is 2.04. The summed E-state index contributed by atoms with van der Waals surface area (Å²) in [5.74, 6) is -0.856. The lowest BCUT2D eigenvalue weighted by Gasteiger charge is -2.14. The van der Waals surface area contributed by atoms with Crippen LogP contribution >= 0.6 is 12.4 Å². The van der Waals surface area contributed by atoms with E-state index in [0.717, 1.165) is 13.0 Å². The highest BCUT2D eigenvalue weighted by Gasteiger charge is 2.17. The number of likely N-dealkylation sites (N-methyl/N-ethyl adjacent to an activating group) is 1. The van der Waals surface area contributed by atoms with Gasteiger partial charge in [-0.2, -0.15) is 0 Å². The van der Waals surface area contributed by atoms with Gasteiger partial charge in [-0.05, 0) is 26.4 Å². The van der Waals surface area contributed by atoms with Crippen LogP contribution in [0.25, 0.3) is 0 Å². The van der Waals surface area contributed by atoms with E-state index in [4.69, 9.17) is 5.11 Å². The van der Waals surface area contributed by atoms with Crippen molar-refractivity contribution in [3.05, 3.63) is 12.2 Å². The van der Waals surface area contributed by atoms with Crippen LogP contribution in [0.1, 0.15) is 12.8 Å². The zero-order valence-corrected chi connectivity index (χ0v) is 7.88. The smallest absolute Gasteiger partial charge is 0.328 e. The molecule has 0 aromatic carbocycles. The first-order valence-corrected chi connectivity index (χ1v) is 3.81. The molecule has 0 aromatic heterocycles. The van der Waals surface area contributed by atoms with Crippen LogP contribution in [0.3, 0.4) is 0 Å². The summed E-state index contributed by atoms with van der Waals surface area (Å²) in [6, 6.07) is 0.339. The third kappa shape index (κ3) is 3.24. The summed E-state index contributed by atoms with van der Waals surface area (Å²) in [5.41, 5.74) is 0. The largest absolute Gasteiger partial charge is 0.478 e. The molecular formula is C8H14ClNO2. The molecule has 0 aromatic rings. The van der Waals surface area contributed by atoms with Gasteiger partial charge in [0.15, 0.2) is 0 Å². The highest BCUT2D eigenvalue weighted by atomic mass is 35.5. The molecule has 4 heteroatoms. The van der Waals surface area contributed by atoms with Gasteiger partial charge in [-0.25, -0.2) is 4.79 Å². The summed E-state index contributed by atoms with van der Waals surface area (Å²) in [4.78, 5) is 12.3. The fourth-order valence-electron chi connectivity index (χ4n) is 1.37. The molecule has 3 nitrogen and oxygen atoms in total. The first kappa shape index (κ1) is 11.5. The fourth-order valence-corrected chi connectivity index (χ4v) is 1.37. The van der Waals surface area contributed by atoms with Crippen LogP contribution in [0.2, 0.25) is 0 Å². The third-order valence-electron chi connectivity index (χ3n) is 2.04. The molecule has 1 aliphatic heterocycles. The predicted octanol–water partition coefficient (Wildman–Crippen LogP) is 1.14. The van der Waals surface area contributed by atoms with Crippen molar-refractivity contribution in [2.75, 3.05) is 13.6 Å². The molecule has 1 fully saturated rings. The van der Waals surface area contributed by atoms with E-state index in [1.54, 1.807) is 6.08 Å². The number of carboxylic acids is 1. The minimum Gasteiger partial charge on any atom is -0.478 e. The minimum absolute atomic E-state index is 0. The Hall–Kier alpha value is -0.540. The number of halogens is 1. The Labute approximate surface area is 78.5 Å². The van der Waals surface area contributed by atoms with Gasteiger partial charge in [0.05, 0.1) is 0 Å². The molecule has 1 heterocycles. The van der Waals surface area contributed by atoms with E-state index < -0.39 is 5.97 Å². The number of aliphatic carboxylic acids is 1. The van der Waals surface area contributed by atoms with Crippen molar-refractivity contribution < 1.29 is 9.90 Å². The summed E-state index contributed by atoms with van der Waals surface area (Å²) in [7, 11) is 2.02. The van der Waals surface area contributed by atoms with Crippen molar-refractivity contribution in [1.82, 2.24) is 4.90 Å². The van der Waals surface area contributed by atoms with Crippen LogP contribution in [0.5, 0.6) is 0 Å². The number of nitrogens with zero attached hydrogens (tertiary/aromatic N) is 1. The van der Waals surface area contributed by atoms with Crippen LogP contribution in [0.4, 0.5) is 0 Å². The van der Waals surface area contributed by atoms with Crippen molar-refractivity contribution in [1.29, 1.82) is 0 Å². The predicted molar refractivity (Wildman–Crippen MR) is 49.7 cm³/mol. The Bertz CT molecular complexity index is 182. The summed E-state index contributed by atoms with van der Waals surface area (Å²) in [6.07, 6.45) is 5.24. The molecule has 70 valence electrons. The fraction of sp³-hybridized carbons (Fsp3) is 0.625. The van der Waals surface area contributed by atoms with E-state index in [9.17, 15) is 4.79 Å². The van der Waals surface area contributed by atoms with Crippen molar-refractivity contribution in [2.45, 2.75) is 18.9 Å². The van der Waals surface area contributed by atoms with Crippen LogP contribution in [-0.4, -0.2) is 35.6 Å². The highest BCUT2D eigenvalue weighted by molar-refractivity contribution is 5.85. The molecule has 1 rings (SSSR count). The van der Waals surface area contributed by atoms with E-state index in [1.165, 1.54) is 12.5 Å². The molecule has 12 heavy (non-hydrogen) atoms. The lowest BCUT2D eigenvalue weighted by atomic mass is 10.2.